The van der Waals surface area contributed by atoms with Crippen LogP contribution in [-0.2, 0) is 4.79 Å². The zero-order valence-corrected chi connectivity index (χ0v) is 11.7. The first-order chi connectivity index (χ1) is 8.72. The molecule has 1 amide bonds. The van der Waals surface area contributed by atoms with Crippen LogP contribution in [0.5, 0.6) is 0 Å². The van der Waals surface area contributed by atoms with Crippen LogP contribution in [0.3, 0.4) is 0 Å². The summed E-state index contributed by atoms with van der Waals surface area (Å²) in [6.07, 6.45) is 2.77. The van der Waals surface area contributed by atoms with Gasteiger partial charge in [-0.2, -0.15) is 0 Å². The quantitative estimate of drug-likeness (QED) is 0.869. The van der Waals surface area contributed by atoms with Gasteiger partial charge in [-0.3, -0.25) is 9.59 Å². The number of Topliss-reactive ketones (excluding diaryl/α,β-unsaturated/α-hetero) is 1. The van der Waals surface area contributed by atoms with E-state index in [0.29, 0.717) is 10.9 Å². The number of hydrogen-bond donors (Lipinski definition) is 1. The minimum Gasteiger partial charge on any atom is -0.349 e. The molecule has 0 bridgehead atoms. The molecule has 0 saturated heterocycles. The molecule has 3 nitrogen and oxygen atoms in total. The average Bonchev–Trinajstić information content (AvgIpc) is 2.87. The van der Waals surface area contributed by atoms with E-state index in [2.05, 4.69) is 21.2 Å². The minimum atomic E-state index is -0.0881. The Labute approximate surface area is 115 Å². The number of alkyl halides is 1. The smallest absolute Gasteiger partial charge is 0.251 e. The summed E-state index contributed by atoms with van der Waals surface area (Å²) in [5.41, 5.74) is 0.648. The van der Waals surface area contributed by atoms with Crippen LogP contribution in [0.1, 0.15) is 29.6 Å². The lowest BCUT2D eigenvalue weighted by atomic mass is 9.99. The molecule has 18 heavy (non-hydrogen) atoms. The second-order valence-corrected chi connectivity index (χ2v) is 5.14. The molecule has 0 spiro atoms. The lowest BCUT2D eigenvalue weighted by molar-refractivity contribution is -0.120. The van der Waals surface area contributed by atoms with Crippen molar-refractivity contribution in [1.82, 2.24) is 5.32 Å². The van der Waals surface area contributed by atoms with Crippen molar-refractivity contribution < 1.29 is 9.59 Å². The number of amides is 1. The summed E-state index contributed by atoms with van der Waals surface area (Å²) in [4.78, 5) is 23.8. The number of nitrogens with one attached hydrogen (secondary N) is 1. The van der Waals surface area contributed by atoms with Crippen molar-refractivity contribution in [2.45, 2.75) is 25.3 Å². The summed E-state index contributed by atoms with van der Waals surface area (Å²) in [6, 6.07) is 9.11. The molecule has 1 aliphatic carbocycles. The number of benzene rings is 1. The predicted molar refractivity (Wildman–Crippen MR) is 73.8 cm³/mol. The molecule has 1 fully saturated rings. The highest BCUT2D eigenvalue weighted by molar-refractivity contribution is 9.09. The minimum absolute atomic E-state index is 0.0113. The monoisotopic (exact) mass is 309 g/mol. The van der Waals surface area contributed by atoms with Gasteiger partial charge in [0.1, 0.15) is 5.78 Å². The number of carbonyl (C=O) groups is 2. The third kappa shape index (κ3) is 2.99. The molecule has 0 radical (unpaired) electrons. The lowest BCUT2D eigenvalue weighted by Crippen LogP contribution is -2.40. The van der Waals surface area contributed by atoms with Gasteiger partial charge in [0.25, 0.3) is 5.91 Å². The Kier molecular flexibility index (Phi) is 4.53. The van der Waals surface area contributed by atoms with E-state index in [1.165, 1.54) is 0 Å². The Bertz CT molecular complexity index is 433. The van der Waals surface area contributed by atoms with Crippen LogP contribution < -0.4 is 5.32 Å². The Hall–Kier alpha value is -1.16. The molecule has 2 atom stereocenters. The van der Waals surface area contributed by atoms with Crippen LogP contribution >= 0.6 is 15.9 Å². The maximum Gasteiger partial charge on any atom is 0.251 e. The highest BCUT2D eigenvalue weighted by Gasteiger charge is 2.33. The van der Waals surface area contributed by atoms with Gasteiger partial charge in [-0.1, -0.05) is 40.5 Å². The predicted octanol–water partition coefficient (Wildman–Crippen LogP) is 2.55. The molecular weight excluding hydrogens is 294 g/mol. The Balaban J connectivity index is 2.01. The maximum absolute atomic E-state index is 12.0. The standard InChI is InChI=1S/C14H16BrNO2/c15-9-13(17)11-7-4-8-12(11)16-14(18)10-5-2-1-3-6-10/h1-3,5-6,11-12H,4,7-9H2,(H,16,18)/t11-,12?/m1/s1. The van der Waals surface area contributed by atoms with Crippen molar-refractivity contribution in [3.05, 3.63) is 35.9 Å². The molecular formula is C14H16BrNO2. The Morgan fingerprint density at radius 3 is 2.61 bits per heavy atom. The summed E-state index contributed by atoms with van der Waals surface area (Å²) in [5, 5.41) is 3.35. The fraction of sp³-hybridized carbons (Fsp3) is 0.429. The van der Waals surface area contributed by atoms with Crippen LogP contribution in [-0.4, -0.2) is 23.1 Å². The number of rotatable bonds is 4. The number of hydrogen-bond acceptors (Lipinski definition) is 2. The van der Waals surface area contributed by atoms with Crippen LogP contribution in [0.4, 0.5) is 0 Å². The van der Waals surface area contributed by atoms with Gasteiger partial charge in [0.15, 0.2) is 0 Å². The van der Waals surface area contributed by atoms with E-state index in [1.54, 1.807) is 12.1 Å². The van der Waals surface area contributed by atoms with Crippen LogP contribution in [0.2, 0.25) is 0 Å². The summed E-state index contributed by atoms with van der Waals surface area (Å²) in [6.45, 7) is 0. The van der Waals surface area contributed by atoms with E-state index in [-0.39, 0.29) is 23.7 Å². The van der Waals surface area contributed by atoms with Gasteiger partial charge in [-0.25, -0.2) is 0 Å². The Morgan fingerprint density at radius 1 is 1.22 bits per heavy atom. The van der Waals surface area contributed by atoms with Crippen molar-refractivity contribution >= 4 is 27.6 Å². The fourth-order valence-electron chi connectivity index (χ4n) is 2.46. The van der Waals surface area contributed by atoms with Crippen molar-refractivity contribution in [2.24, 2.45) is 5.92 Å². The molecule has 1 unspecified atom stereocenters. The zero-order chi connectivity index (χ0) is 13.0. The third-order valence-electron chi connectivity index (χ3n) is 3.41. The largest absolute Gasteiger partial charge is 0.349 e. The van der Waals surface area contributed by atoms with Gasteiger partial charge < -0.3 is 5.32 Å². The van der Waals surface area contributed by atoms with Crippen molar-refractivity contribution in [3.63, 3.8) is 0 Å². The molecule has 1 aliphatic rings. The topological polar surface area (TPSA) is 46.2 Å². The first-order valence-electron chi connectivity index (χ1n) is 6.17. The van der Waals surface area contributed by atoms with E-state index < -0.39 is 0 Å². The van der Waals surface area contributed by atoms with Gasteiger partial charge >= 0.3 is 0 Å². The molecule has 0 aromatic heterocycles. The SMILES string of the molecule is O=C(NC1CCC[C@H]1C(=O)CBr)c1ccccc1. The van der Waals surface area contributed by atoms with E-state index in [9.17, 15) is 9.59 Å². The third-order valence-corrected chi connectivity index (χ3v) is 3.97. The molecule has 0 heterocycles. The summed E-state index contributed by atoms with van der Waals surface area (Å²) in [7, 11) is 0. The Morgan fingerprint density at radius 2 is 1.94 bits per heavy atom. The molecule has 1 N–H and O–H groups in total. The van der Waals surface area contributed by atoms with Crippen molar-refractivity contribution in [3.8, 4) is 0 Å². The zero-order valence-electron chi connectivity index (χ0n) is 10.1. The number of halogens is 1. The summed E-state index contributed by atoms with van der Waals surface area (Å²) in [5.74, 6) is 0.0674. The van der Waals surface area contributed by atoms with Crippen molar-refractivity contribution in [2.75, 3.05) is 5.33 Å². The summed E-state index contributed by atoms with van der Waals surface area (Å²) < 4.78 is 0. The molecule has 0 aliphatic heterocycles. The highest BCUT2D eigenvalue weighted by atomic mass is 79.9. The van der Waals surface area contributed by atoms with Gasteiger partial charge in [0.2, 0.25) is 0 Å². The normalized spacial score (nSPS) is 22.7. The lowest BCUT2D eigenvalue weighted by Gasteiger charge is -2.19. The summed E-state index contributed by atoms with van der Waals surface area (Å²) >= 11 is 3.20. The van der Waals surface area contributed by atoms with Crippen LogP contribution in [0.15, 0.2) is 30.3 Å². The van der Waals surface area contributed by atoms with Gasteiger partial charge in [-0.05, 0) is 25.0 Å². The fourth-order valence-corrected chi connectivity index (χ4v) is 2.87. The first kappa shape index (κ1) is 13.3. The second kappa shape index (κ2) is 6.14. The molecule has 4 heteroatoms. The molecule has 1 aromatic rings. The van der Waals surface area contributed by atoms with E-state index in [4.69, 9.17) is 0 Å². The van der Waals surface area contributed by atoms with Crippen LogP contribution in [0.25, 0.3) is 0 Å². The molecule has 96 valence electrons. The van der Waals surface area contributed by atoms with Gasteiger partial charge in [0.05, 0.1) is 5.33 Å². The van der Waals surface area contributed by atoms with E-state index in [0.717, 1.165) is 19.3 Å². The number of ketones is 1. The molecule has 2 rings (SSSR count). The van der Waals surface area contributed by atoms with Gasteiger partial charge in [-0.15, -0.1) is 0 Å². The molecule has 1 saturated carbocycles. The highest BCUT2D eigenvalue weighted by Crippen LogP contribution is 2.27. The first-order valence-corrected chi connectivity index (χ1v) is 7.29. The van der Waals surface area contributed by atoms with Crippen LogP contribution in [0, 0.1) is 5.92 Å². The van der Waals surface area contributed by atoms with E-state index >= 15 is 0 Å². The molecule has 1 aromatic carbocycles. The van der Waals surface area contributed by atoms with E-state index in [1.807, 2.05) is 18.2 Å². The average molecular weight is 310 g/mol. The van der Waals surface area contributed by atoms with Gasteiger partial charge in [0, 0.05) is 17.5 Å². The number of carbonyl (C=O) groups excluding carboxylic acids is 2. The maximum atomic E-state index is 12.0. The van der Waals surface area contributed by atoms with Crippen molar-refractivity contribution in [1.29, 1.82) is 0 Å². The second-order valence-electron chi connectivity index (χ2n) is 4.58.